The molecule has 21 heavy (non-hydrogen) atoms. The second kappa shape index (κ2) is 6.92. The predicted octanol–water partition coefficient (Wildman–Crippen LogP) is 5.08. The number of ether oxygens (including phenoxy) is 1. The number of rotatable bonds is 5. The number of benzene rings is 2. The van der Waals surface area contributed by atoms with Crippen LogP contribution in [0, 0.1) is 12.7 Å². The largest absolute Gasteiger partial charge is 0.457 e. The van der Waals surface area contributed by atoms with Crippen molar-refractivity contribution in [1.82, 2.24) is 5.32 Å². The van der Waals surface area contributed by atoms with Gasteiger partial charge in [0.25, 0.3) is 0 Å². The van der Waals surface area contributed by atoms with E-state index in [0.29, 0.717) is 34.7 Å². The highest BCUT2D eigenvalue weighted by molar-refractivity contribution is 6.30. The average molecular weight is 308 g/mol. The van der Waals surface area contributed by atoms with E-state index < -0.39 is 0 Å². The van der Waals surface area contributed by atoms with Crippen molar-refractivity contribution in [2.24, 2.45) is 0 Å². The molecule has 4 heteroatoms. The highest BCUT2D eigenvalue weighted by Crippen LogP contribution is 2.29. The number of hydrogen-bond acceptors (Lipinski definition) is 2. The average Bonchev–Trinajstić information content (AvgIpc) is 2.42. The van der Waals surface area contributed by atoms with E-state index in [4.69, 9.17) is 16.3 Å². The molecule has 0 aliphatic heterocycles. The summed E-state index contributed by atoms with van der Waals surface area (Å²) in [4.78, 5) is 0. The van der Waals surface area contributed by atoms with Crippen LogP contribution in [-0.2, 0) is 6.54 Å². The van der Waals surface area contributed by atoms with Crippen molar-refractivity contribution < 1.29 is 9.13 Å². The van der Waals surface area contributed by atoms with Crippen LogP contribution in [0.15, 0.2) is 36.4 Å². The summed E-state index contributed by atoms with van der Waals surface area (Å²) in [5.74, 6) is 1.04. The summed E-state index contributed by atoms with van der Waals surface area (Å²) >= 11 is 6.04. The second-order valence-corrected chi connectivity index (χ2v) is 5.74. The molecule has 0 aliphatic rings. The molecule has 0 bridgehead atoms. The standard InChI is InChI=1S/C17H19ClFNO/c1-11(2)20-10-13-4-5-14(18)9-17(13)21-15-6-7-16(19)12(3)8-15/h4-9,11,20H,10H2,1-3H3. The molecule has 0 saturated heterocycles. The molecule has 2 aromatic carbocycles. The van der Waals surface area contributed by atoms with Crippen molar-refractivity contribution in [1.29, 1.82) is 0 Å². The zero-order chi connectivity index (χ0) is 15.4. The molecule has 0 spiro atoms. The normalized spacial score (nSPS) is 11.0. The first kappa shape index (κ1) is 15.8. The Morgan fingerprint density at radius 2 is 1.95 bits per heavy atom. The van der Waals surface area contributed by atoms with E-state index in [1.54, 1.807) is 25.1 Å². The summed E-state index contributed by atoms with van der Waals surface area (Å²) in [6.45, 7) is 6.56. The van der Waals surface area contributed by atoms with E-state index >= 15 is 0 Å². The summed E-state index contributed by atoms with van der Waals surface area (Å²) in [6.07, 6.45) is 0. The van der Waals surface area contributed by atoms with Crippen molar-refractivity contribution in [3.63, 3.8) is 0 Å². The summed E-state index contributed by atoms with van der Waals surface area (Å²) in [7, 11) is 0. The topological polar surface area (TPSA) is 21.3 Å². The molecule has 0 aliphatic carbocycles. The van der Waals surface area contributed by atoms with Crippen LogP contribution < -0.4 is 10.1 Å². The van der Waals surface area contributed by atoms with Gasteiger partial charge >= 0.3 is 0 Å². The molecule has 0 heterocycles. The minimum atomic E-state index is -0.241. The van der Waals surface area contributed by atoms with Gasteiger partial charge in [0.1, 0.15) is 17.3 Å². The van der Waals surface area contributed by atoms with Crippen LogP contribution in [0.25, 0.3) is 0 Å². The third kappa shape index (κ3) is 4.45. The van der Waals surface area contributed by atoms with Gasteiger partial charge in [-0.25, -0.2) is 4.39 Å². The Hall–Kier alpha value is -1.58. The fraction of sp³-hybridized carbons (Fsp3) is 0.294. The maximum atomic E-state index is 13.3. The van der Waals surface area contributed by atoms with Crippen molar-refractivity contribution >= 4 is 11.6 Å². The Labute approximate surface area is 129 Å². The van der Waals surface area contributed by atoms with Gasteiger partial charge in [0, 0.05) is 23.2 Å². The van der Waals surface area contributed by atoms with Gasteiger partial charge in [0.2, 0.25) is 0 Å². The van der Waals surface area contributed by atoms with Crippen LogP contribution in [0.4, 0.5) is 4.39 Å². The summed E-state index contributed by atoms with van der Waals surface area (Å²) in [5, 5.41) is 3.95. The number of halogens is 2. The first-order chi connectivity index (χ1) is 9.95. The lowest BCUT2D eigenvalue weighted by Crippen LogP contribution is -2.22. The highest BCUT2D eigenvalue weighted by Gasteiger charge is 2.08. The van der Waals surface area contributed by atoms with Crippen LogP contribution in [0.3, 0.4) is 0 Å². The van der Waals surface area contributed by atoms with Gasteiger partial charge in [-0.15, -0.1) is 0 Å². The predicted molar refractivity (Wildman–Crippen MR) is 84.6 cm³/mol. The van der Waals surface area contributed by atoms with E-state index in [0.717, 1.165) is 5.56 Å². The van der Waals surface area contributed by atoms with Gasteiger partial charge in [-0.2, -0.15) is 0 Å². The molecule has 0 amide bonds. The van der Waals surface area contributed by atoms with Crippen molar-refractivity contribution in [3.05, 3.63) is 58.4 Å². The fourth-order valence-corrected chi connectivity index (χ4v) is 2.05. The summed E-state index contributed by atoms with van der Waals surface area (Å²) < 4.78 is 19.2. The molecule has 2 nitrogen and oxygen atoms in total. The highest BCUT2D eigenvalue weighted by atomic mass is 35.5. The monoisotopic (exact) mass is 307 g/mol. The lowest BCUT2D eigenvalue weighted by molar-refractivity contribution is 0.467. The zero-order valence-electron chi connectivity index (χ0n) is 12.4. The van der Waals surface area contributed by atoms with E-state index in [-0.39, 0.29) is 5.82 Å². The molecule has 2 aromatic rings. The minimum absolute atomic E-state index is 0.241. The van der Waals surface area contributed by atoms with E-state index in [9.17, 15) is 4.39 Å². The molecule has 112 valence electrons. The van der Waals surface area contributed by atoms with Gasteiger partial charge in [-0.05, 0) is 42.8 Å². The molecule has 0 radical (unpaired) electrons. The maximum Gasteiger partial charge on any atom is 0.133 e. The Bertz CT molecular complexity index is 628. The molecule has 0 unspecified atom stereocenters. The third-order valence-electron chi connectivity index (χ3n) is 3.09. The van der Waals surface area contributed by atoms with E-state index in [2.05, 4.69) is 19.2 Å². The molecule has 0 fully saturated rings. The lowest BCUT2D eigenvalue weighted by Gasteiger charge is -2.14. The molecule has 2 rings (SSSR count). The second-order valence-electron chi connectivity index (χ2n) is 5.30. The third-order valence-corrected chi connectivity index (χ3v) is 3.32. The lowest BCUT2D eigenvalue weighted by atomic mass is 10.2. The van der Waals surface area contributed by atoms with E-state index in [1.807, 2.05) is 12.1 Å². The fourth-order valence-electron chi connectivity index (χ4n) is 1.89. The van der Waals surface area contributed by atoms with Gasteiger partial charge in [-0.3, -0.25) is 0 Å². The SMILES string of the molecule is Cc1cc(Oc2cc(Cl)ccc2CNC(C)C)ccc1F. The molecular weight excluding hydrogens is 289 g/mol. The van der Waals surface area contributed by atoms with Gasteiger partial charge in [0.15, 0.2) is 0 Å². The Morgan fingerprint density at radius 1 is 1.19 bits per heavy atom. The van der Waals surface area contributed by atoms with Crippen molar-refractivity contribution in [2.75, 3.05) is 0 Å². The molecule has 0 atom stereocenters. The first-order valence-corrected chi connectivity index (χ1v) is 7.29. The Morgan fingerprint density at radius 3 is 2.62 bits per heavy atom. The van der Waals surface area contributed by atoms with Crippen LogP contribution in [0.5, 0.6) is 11.5 Å². The first-order valence-electron chi connectivity index (χ1n) is 6.91. The molecule has 0 saturated carbocycles. The number of nitrogens with one attached hydrogen (secondary N) is 1. The van der Waals surface area contributed by atoms with Crippen LogP contribution in [0.2, 0.25) is 5.02 Å². The van der Waals surface area contributed by atoms with Crippen molar-refractivity contribution in [2.45, 2.75) is 33.4 Å². The van der Waals surface area contributed by atoms with Gasteiger partial charge in [-0.1, -0.05) is 31.5 Å². The minimum Gasteiger partial charge on any atom is -0.457 e. The number of aryl methyl sites for hydroxylation is 1. The van der Waals surface area contributed by atoms with E-state index in [1.165, 1.54) is 6.07 Å². The molecule has 1 N–H and O–H groups in total. The summed E-state index contributed by atoms with van der Waals surface area (Å²) in [6, 6.07) is 10.6. The quantitative estimate of drug-likeness (QED) is 0.832. The number of hydrogen-bond donors (Lipinski definition) is 1. The smallest absolute Gasteiger partial charge is 0.133 e. The summed E-state index contributed by atoms with van der Waals surface area (Å²) in [5.41, 5.74) is 1.56. The van der Waals surface area contributed by atoms with Gasteiger partial charge < -0.3 is 10.1 Å². The Kier molecular flexibility index (Phi) is 5.21. The maximum absolute atomic E-state index is 13.3. The molecular formula is C17H19ClFNO. The zero-order valence-corrected chi connectivity index (χ0v) is 13.2. The van der Waals surface area contributed by atoms with Crippen LogP contribution in [-0.4, -0.2) is 6.04 Å². The Balaban J connectivity index is 2.24. The van der Waals surface area contributed by atoms with Crippen LogP contribution >= 0.6 is 11.6 Å². The molecule has 0 aromatic heterocycles. The van der Waals surface area contributed by atoms with Crippen molar-refractivity contribution in [3.8, 4) is 11.5 Å². The van der Waals surface area contributed by atoms with Crippen LogP contribution in [0.1, 0.15) is 25.0 Å². The van der Waals surface area contributed by atoms with Gasteiger partial charge in [0.05, 0.1) is 0 Å².